The molecular formula is C17H19N3O6. The summed E-state index contributed by atoms with van der Waals surface area (Å²) < 4.78 is 0. The summed E-state index contributed by atoms with van der Waals surface area (Å²) in [6.45, 7) is 2.24. The van der Waals surface area contributed by atoms with Crippen molar-refractivity contribution in [3.05, 3.63) is 35.7 Å². The SMILES string of the molecule is O=C(O)[C@H](O)[C@@H](O)C(=O)O.c1cnc2cc3c(cc2n1)[C@@H]1CNC[C@H]3C1. The van der Waals surface area contributed by atoms with Gasteiger partial charge in [0, 0.05) is 25.5 Å². The van der Waals surface area contributed by atoms with E-state index in [9.17, 15) is 9.59 Å². The normalized spacial score (nSPS) is 22.7. The highest BCUT2D eigenvalue weighted by Gasteiger charge is 2.34. The molecule has 0 saturated carbocycles. The maximum absolute atomic E-state index is 9.77. The van der Waals surface area contributed by atoms with Gasteiger partial charge in [0.2, 0.25) is 0 Å². The van der Waals surface area contributed by atoms with Crippen LogP contribution in [0.2, 0.25) is 0 Å². The van der Waals surface area contributed by atoms with Gasteiger partial charge >= 0.3 is 11.9 Å². The number of aromatic nitrogens is 2. The summed E-state index contributed by atoms with van der Waals surface area (Å²) in [6, 6.07) is 4.49. The van der Waals surface area contributed by atoms with Crippen LogP contribution in [0.3, 0.4) is 0 Å². The maximum Gasteiger partial charge on any atom is 0.335 e. The highest BCUT2D eigenvalue weighted by atomic mass is 16.4. The number of hydrogen-bond acceptors (Lipinski definition) is 7. The highest BCUT2D eigenvalue weighted by molar-refractivity contribution is 5.83. The fourth-order valence-electron chi connectivity index (χ4n) is 3.44. The Kier molecular flexibility index (Phi) is 5.12. The van der Waals surface area contributed by atoms with E-state index in [-0.39, 0.29) is 0 Å². The molecule has 1 fully saturated rings. The number of rotatable bonds is 3. The summed E-state index contributed by atoms with van der Waals surface area (Å²) in [7, 11) is 0. The van der Waals surface area contributed by atoms with E-state index in [1.807, 2.05) is 0 Å². The average Bonchev–Trinajstić information content (AvgIpc) is 2.88. The predicted molar refractivity (Wildman–Crippen MR) is 89.8 cm³/mol. The maximum atomic E-state index is 9.77. The Balaban J connectivity index is 0.000000172. The average molecular weight is 361 g/mol. The molecule has 2 bridgehead atoms. The molecule has 2 aromatic rings. The van der Waals surface area contributed by atoms with Crippen LogP contribution in [0.15, 0.2) is 24.5 Å². The van der Waals surface area contributed by atoms with Crippen molar-refractivity contribution in [2.75, 3.05) is 13.1 Å². The Morgan fingerprint density at radius 2 is 1.35 bits per heavy atom. The van der Waals surface area contributed by atoms with Gasteiger partial charge in [-0.3, -0.25) is 9.97 Å². The van der Waals surface area contributed by atoms with Crippen molar-refractivity contribution in [2.24, 2.45) is 0 Å². The molecule has 1 aliphatic heterocycles. The fraction of sp³-hybridized carbons (Fsp3) is 0.412. The van der Waals surface area contributed by atoms with Gasteiger partial charge in [-0.25, -0.2) is 9.59 Å². The minimum Gasteiger partial charge on any atom is -0.479 e. The summed E-state index contributed by atoms with van der Waals surface area (Å²) in [6.07, 6.45) is 0.316. The molecule has 138 valence electrons. The van der Waals surface area contributed by atoms with Gasteiger partial charge in [-0.1, -0.05) is 0 Å². The second-order valence-corrected chi connectivity index (χ2v) is 6.38. The number of nitrogens with zero attached hydrogens (tertiary/aromatic N) is 2. The topological polar surface area (TPSA) is 153 Å². The molecule has 9 nitrogen and oxygen atoms in total. The molecule has 26 heavy (non-hydrogen) atoms. The largest absolute Gasteiger partial charge is 0.479 e. The van der Waals surface area contributed by atoms with Crippen LogP contribution in [-0.2, 0) is 9.59 Å². The highest BCUT2D eigenvalue weighted by Crippen LogP contribution is 2.44. The molecule has 2 aliphatic rings. The third kappa shape index (κ3) is 3.50. The van der Waals surface area contributed by atoms with Gasteiger partial charge in [-0.05, 0) is 41.5 Å². The Hall–Kier alpha value is -2.62. The zero-order valence-electron chi connectivity index (χ0n) is 13.7. The van der Waals surface area contributed by atoms with E-state index < -0.39 is 24.1 Å². The number of carbonyl (C=O) groups is 2. The Morgan fingerprint density at radius 3 is 1.73 bits per heavy atom. The van der Waals surface area contributed by atoms with Crippen LogP contribution in [0.4, 0.5) is 0 Å². The standard InChI is InChI=1S/C13H13N3.C4H6O6/c1-2-16-13-5-11-9-3-8(6-14-7-9)10(11)4-12(13)15-1;5-1(3(7)8)2(6)4(9)10/h1-2,4-5,8-9,14H,3,6-7H2;1-2,5-6H,(H,7,8)(H,9,10)/t8-,9+;1-,2-/m.1/s1. The van der Waals surface area contributed by atoms with Gasteiger partial charge in [0.05, 0.1) is 11.0 Å². The van der Waals surface area contributed by atoms with Crippen LogP contribution in [0.1, 0.15) is 29.4 Å². The molecule has 1 saturated heterocycles. The second-order valence-electron chi connectivity index (χ2n) is 6.38. The molecule has 0 radical (unpaired) electrons. The first kappa shape index (κ1) is 18.2. The number of hydrogen-bond donors (Lipinski definition) is 5. The zero-order chi connectivity index (χ0) is 18.8. The van der Waals surface area contributed by atoms with Crippen molar-refractivity contribution >= 4 is 23.0 Å². The van der Waals surface area contributed by atoms with E-state index in [1.165, 1.54) is 17.5 Å². The van der Waals surface area contributed by atoms with Crippen LogP contribution in [0.5, 0.6) is 0 Å². The van der Waals surface area contributed by atoms with Gasteiger partial charge in [-0.15, -0.1) is 0 Å². The van der Waals surface area contributed by atoms with E-state index in [2.05, 4.69) is 27.4 Å². The molecule has 1 aromatic heterocycles. The van der Waals surface area contributed by atoms with Crippen LogP contribution < -0.4 is 5.32 Å². The van der Waals surface area contributed by atoms with Crippen molar-refractivity contribution in [1.82, 2.24) is 15.3 Å². The first-order valence-electron chi connectivity index (χ1n) is 8.15. The molecular weight excluding hydrogens is 342 g/mol. The van der Waals surface area contributed by atoms with Crippen molar-refractivity contribution < 1.29 is 30.0 Å². The number of fused-ring (bicyclic) bond motifs is 6. The lowest BCUT2D eigenvalue weighted by Crippen LogP contribution is -2.39. The molecule has 2 heterocycles. The molecule has 4 rings (SSSR count). The van der Waals surface area contributed by atoms with Crippen molar-refractivity contribution in [3.8, 4) is 0 Å². The third-order valence-electron chi connectivity index (χ3n) is 4.71. The number of piperidine rings is 1. The monoisotopic (exact) mass is 361 g/mol. The molecule has 1 aromatic carbocycles. The lowest BCUT2D eigenvalue weighted by molar-refractivity contribution is -0.165. The summed E-state index contributed by atoms with van der Waals surface area (Å²) in [5, 5.41) is 36.0. The molecule has 4 atom stereocenters. The van der Waals surface area contributed by atoms with E-state index in [1.54, 1.807) is 12.4 Å². The molecule has 1 aliphatic carbocycles. The van der Waals surface area contributed by atoms with Gasteiger partial charge in [0.25, 0.3) is 0 Å². The van der Waals surface area contributed by atoms with E-state index in [0.29, 0.717) is 11.8 Å². The first-order valence-corrected chi connectivity index (χ1v) is 8.15. The summed E-state index contributed by atoms with van der Waals surface area (Å²) in [5.41, 5.74) is 5.08. The van der Waals surface area contributed by atoms with E-state index >= 15 is 0 Å². The fourth-order valence-corrected chi connectivity index (χ4v) is 3.44. The van der Waals surface area contributed by atoms with Crippen molar-refractivity contribution in [2.45, 2.75) is 30.5 Å². The van der Waals surface area contributed by atoms with Crippen molar-refractivity contribution in [1.29, 1.82) is 0 Å². The van der Waals surface area contributed by atoms with Gasteiger partial charge in [0.15, 0.2) is 12.2 Å². The first-order chi connectivity index (χ1) is 12.4. The van der Waals surface area contributed by atoms with Crippen LogP contribution in [-0.4, -0.2) is 67.6 Å². The number of aliphatic hydroxyl groups excluding tert-OH is 2. The predicted octanol–water partition coefficient (Wildman–Crippen LogP) is -0.319. The molecule has 5 N–H and O–H groups in total. The van der Waals surface area contributed by atoms with Crippen LogP contribution in [0.25, 0.3) is 11.0 Å². The van der Waals surface area contributed by atoms with Crippen molar-refractivity contribution in [3.63, 3.8) is 0 Å². The number of benzene rings is 1. The molecule has 0 amide bonds. The number of carboxylic acid groups (broad SMARTS) is 2. The quantitative estimate of drug-likeness (QED) is 0.495. The third-order valence-corrected chi connectivity index (χ3v) is 4.71. The summed E-state index contributed by atoms with van der Waals surface area (Å²) in [5.74, 6) is -2.15. The van der Waals surface area contributed by atoms with Gasteiger partial charge in [-0.2, -0.15) is 0 Å². The Labute approximate surface area is 148 Å². The smallest absolute Gasteiger partial charge is 0.335 e. The number of nitrogens with one attached hydrogen (secondary N) is 1. The molecule has 9 heteroatoms. The summed E-state index contributed by atoms with van der Waals surface area (Å²) in [4.78, 5) is 28.3. The number of carboxylic acids is 2. The molecule has 0 spiro atoms. The lowest BCUT2D eigenvalue weighted by atomic mass is 9.98. The van der Waals surface area contributed by atoms with Gasteiger partial charge in [0.1, 0.15) is 0 Å². The number of aliphatic hydroxyl groups is 2. The Bertz CT molecular complexity index is 776. The number of aliphatic carboxylic acids is 2. The minimum atomic E-state index is -2.27. The van der Waals surface area contributed by atoms with Crippen LogP contribution in [0, 0.1) is 0 Å². The van der Waals surface area contributed by atoms with Gasteiger partial charge < -0.3 is 25.7 Å². The Morgan fingerprint density at radius 1 is 0.923 bits per heavy atom. The second kappa shape index (κ2) is 7.32. The lowest BCUT2D eigenvalue weighted by Gasteiger charge is -2.19. The van der Waals surface area contributed by atoms with E-state index in [4.69, 9.17) is 20.4 Å². The molecule has 0 unspecified atom stereocenters. The zero-order valence-corrected chi connectivity index (χ0v) is 13.7. The minimum absolute atomic E-state index is 0.695. The van der Waals surface area contributed by atoms with Crippen LogP contribution >= 0.6 is 0 Å². The van der Waals surface area contributed by atoms with E-state index in [0.717, 1.165) is 24.1 Å². The summed E-state index contributed by atoms with van der Waals surface area (Å²) >= 11 is 0.